The molecule has 0 bridgehead atoms. The Morgan fingerprint density at radius 3 is 2.38 bits per heavy atom. The van der Waals surface area contributed by atoms with Crippen LogP contribution in [0.25, 0.3) is 17.0 Å². The van der Waals surface area contributed by atoms with Gasteiger partial charge in [0, 0.05) is 11.8 Å². The molecule has 29 heavy (non-hydrogen) atoms. The number of benzene rings is 2. The second-order valence-electron chi connectivity index (χ2n) is 6.14. The number of nitrogens with two attached hydrogens (primary N) is 1. The van der Waals surface area contributed by atoms with E-state index in [2.05, 4.69) is 25.3 Å². The number of hydrogen-bond acceptors (Lipinski definition) is 6. The molecule has 0 radical (unpaired) electrons. The maximum absolute atomic E-state index is 13.5. The second-order valence-corrected chi connectivity index (χ2v) is 6.14. The largest absolute Gasteiger partial charge is 0.416 e. The lowest BCUT2D eigenvalue weighted by atomic mass is 10.2. The van der Waals surface area contributed by atoms with E-state index in [1.54, 1.807) is 11.5 Å². The van der Waals surface area contributed by atoms with Crippen LogP contribution in [0.15, 0.2) is 42.5 Å². The van der Waals surface area contributed by atoms with Crippen molar-refractivity contribution in [3.8, 4) is 5.95 Å². The number of aromatic nitrogens is 5. The van der Waals surface area contributed by atoms with Gasteiger partial charge in [-0.3, -0.25) is 4.57 Å². The molecular weight excluding hydrogens is 390 g/mol. The van der Waals surface area contributed by atoms with Gasteiger partial charge in [0.2, 0.25) is 17.8 Å². The van der Waals surface area contributed by atoms with Gasteiger partial charge in [-0.2, -0.15) is 28.1 Å². The summed E-state index contributed by atoms with van der Waals surface area (Å²) < 4.78 is 53.1. The highest BCUT2D eigenvalue weighted by Gasteiger charge is 2.30. The zero-order valence-corrected chi connectivity index (χ0v) is 14.9. The summed E-state index contributed by atoms with van der Waals surface area (Å²) in [6.07, 6.45) is -4.43. The van der Waals surface area contributed by atoms with Gasteiger partial charge in [0.25, 0.3) is 0 Å². The number of halogens is 4. The molecule has 11 heteroatoms. The molecule has 0 aliphatic rings. The molecule has 0 saturated heterocycles. The molecule has 0 saturated carbocycles. The number of fused-ring (bicyclic) bond motifs is 1. The Labute approximate surface area is 161 Å². The number of nitrogens with zero attached hydrogens (tertiary/aromatic N) is 5. The number of anilines is 3. The summed E-state index contributed by atoms with van der Waals surface area (Å²) >= 11 is 0. The second kappa shape index (κ2) is 6.69. The van der Waals surface area contributed by atoms with E-state index in [1.807, 2.05) is 0 Å². The van der Waals surface area contributed by atoms with E-state index < -0.39 is 17.6 Å². The van der Waals surface area contributed by atoms with Gasteiger partial charge in [-0.1, -0.05) is 0 Å². The van der Waals surface area contributed by atoms with Gasteiger partial charge in [-0.25, -0.2) is 9.37 Å². The van der Waals surface area contributed by atoms with Crippen molar-refractivity contribution >= 4 is 28.6 Å². The van der Waals surface area contributed by atoms with Gasteiger partial charge in [-0.15, -0.1) is 0 Å². The van der Waals surface area contributed by atoms with Crippen molar-refractivity contribution in [1.29, 1.82) is 0 Å². The Kier molecular flexibility index (Phi) is 4.29. The summed E-state index contributed by atoms with van der Waals surface area (Å²) in [5, 5.41) is 2.80. The summed E-state index contributed by atoms with van der Waals surface area (Å²) in [6, 6.07) is 8.49. The third-order valence-corrected chi connectivity index (χ3v) is 4.09. The van der Waals surface area contributed by atoms with Crippen LogP contribution in [0.5, 0.6) is 0 Å². The predicted molar refractivity (Wildman–Crippen MR) is 98.3 cm³/mol. The summed E-state index contributed by atoms with van der Waals surface area (Å²) in [5.41, 5.74) is 6.32. The molecule has 0 aliphatic heterocycles. The fraction of sp³-hybridized carbons (Fsp3) is 0.111. The average Bonchev–Trinajstić information content (AvgIpc) is 2.95. The molecule has 2 aromatic heterocycles. The minimum absolute atomic E-state index is 0.0376. The first-order chi connectivity index (χ1) is 13.7. The van der Waals surface area contributed by atoms with E-state index in [0.29, 0.717) is 22.5 Å². The highest BCUT2D eigenvalue weighted by Crippen LogP contribution is 2.30. The van der Waals surface area contributed by atoms with Gasteiger partial charge < -0.3 is 11.1 Å². The molecule has 0 aliphatic carbocycles. The molecule has 4 rings (SSSR count). The van der Waals surface area contributed by atoms with E-state index >= 15 is 0 Å². The number of aryl methyl sites for hydroxylation is 1. The Morgan fingerprint density at radius 1 is 0.966 bits per heavy atom. The highest BCUT2D eigenvalue weighted by atomic mass is 19.4. The lowest BCUT2D eigenvalue weighted by molar-refractivity contribution is -0.137. The molecule has 0 amide bonds. The van der Waals surface area contributed by atoms with Crippen LogP contribution >= 0.6 is 0 Å². The molecule has 7 nitrogen and oxygen atoms in total. The highest BCUT2D eigenvalue weighted by molar-refractivity contribution is 5.77. The molecule has 0 fully saturated rings. The fourth-order valence-electron chi connectivity index (χ4n) is 2.83. The first kappa shape index (κ1) is 18.6. The molecular formula is C18H13F4N7. The monoisotopic (exact) mass is 403 g/mol. The summed E-state index contributed by atoms with van der Waals surface area (Å²) in [4.78, 5) is 16.6. The number of nitrogen functional groups attached to an aromatic ring is 1. The lowest BCUT2D eigenvalue weighted by Crippen LogP contribution is -2.10. The number of rotatable bonds is 3. The number of alkyl halides is 3. The van der Waals surface area contributed by atoms with Gasteiger partial charge >= 0.3 is 6.18 Å². The van der Waals surface area contributed by atoms with E-state index in [1.165, 1.54) is 30.3 Å². The van der Waals surface area contributed by atoms with Gasteiger partial charge in [0.15, 0.2) is 0 Å². The van der Waals surface area contributed by atoms with Crippen LogP contribution in [0, 0.1) is 12.7 Å². The first-order valence-corrected chi connectivity index (χ1v) is 8.31. The van der Waals surface area contributed by atoms with Crippen molar-refractivity contribution in [3.05, 3.63) is 59.7 Å². The van der Waals surface area contributed by atoms with Gasteiger partial charge in [0.1, 0.15) is 11.6 Å². The van der Waals surface area contributed by atoms with Crippen molar-refractivity contribution < 1.29 is 17.6 Å². The zero-order chi connectivity index (χ0) is 20.8. The Balaban J connectivity index is 1.71. The third-order valence-electron chi connectivity index (χ3n) is 4.09. The summed E-state index contributed by atoms with van der Waals surface area (Å²) in [5.74, 6) is 0.139. The van der Waals surface area contributed by atoms with E-state index in [0.717, 1.165) is 12.1 Å². The first-order valence-electron chi connectivity index (χ1n) is 8.31. The van der Waals surface area contributed by atoms with Crippen molar-refractivity contribution in [3.63, 3.8) is 0 Å². The normalized spacial score (nSPS) is 11.8. The maximum Gasteiger partial charge on any atom is 0.416 e. The van der Waals surface area contributed by atoms with Crippen molar-refractivity contribution in [2.75, 3.05) is 11.1 Å². The van der Waals surface area contributed by atoms with Crippen LogP contribution in [-0.4, -0.2) is 24.5 Å². The molecule has 148 valence electrons. The van der Waals surface area contributed by atoms with Crippen molar-refractivity contribution in [2.24, 2.45) is 0 Å². The van der Waals surface area contributed by atoms with Gasteiger partial charge in [-0.05, 0) is 43.3 Å². The topological polar surface area (TPSA) is 94.5 Å². The van der Waals surface area contributed by atoms with Crippen LogP contribution in [0.2, 0.25) is 0 Å². The SMILES string of the molecule is Cc1nc2cc(F)ccc2n1-c1nc(N)nc(Nc2ccc(C(F)(F)F)cc2)n1. The molecule has 3 N–H and O–H groups in total. The molecule has 2 heterocycles. The quantitative estimate of drug-likeness (QED) is 0.502. The zero-order valence-electron chi connectivity index (χ0n) is 14.9. The summed E-state index contributed by atoms with van der Waals surface area (Å²) in [6.45, 7) is 1.70. The van der Waals surface area contributed by atoms with Crippen molar-refractivity contribution in [1.82, 2.24) is 24.5 Å². The minimum Gasteiger partial charge on any atom is -0.368 e. The molecule has 2 aromatic carbocycles. The van der Waals surface area contributed by atoms with E-state index in [9.17, 15) is 17.6 Å². The Hall–Kier alpha value is -3.76. The lowest BCUT2D eigenvalue weighted by Gasteiger charge is -2.10. The van der Waals surface area contributed by atoms with Gasteiger partial charge in [0.05, 0.1) is 16.6 Å². The van der Waals surface area contributed by atoms with Crippen LogP contribution < -0.4 is 11.1 Å². The third kappa shape index (κ3) is 3.66. The van der Waals surface area contributed by atoms with Crippen LogP contribution in [0.4, 0.5) is 35.1 Å². The molecule has 0 atom stereocenters. The Morgan fingerprint density at radius 2 is 1.69 bits per heavy atom. The predicted octanol–water partition coefficient (Wildman–Crippen LogP) is 4.00. The Bertz CT molecular complexity index is 1200. The number of hydrogen-bond donors (Lipinski definition) is 2. The fourth-order valence-corrected chi connectivity index (χ4v) is 2.83. The maximum atomic E-state index is 13.5. The smallest absolute Gasteiger partial charge is 0.368 e. The molecule has 0 spiro atoms. The van der Waals surface area contributed by atoms with E-state index in [4.69, 9.17) is 5.73 Å². The average molecular weight is 403 g/mol. The van der Waals surface area contributed by atoms with Crippen molar-refractivity contribution in [2.45, 2.75) is 13.1 Å². The molecule has 0 unspecified atom stereocenters. The van der Waals surface area contributed by atoms with Crippen LogP contribution in [-0.2, 0) is 6.18 Å². The van der Waals surface area contributed by atoms with Crippen LogP contribution in [0.3, 0.4) is 0 Å². The molecule has 4 aromatic rings. The number of imidazole rings is 1. The van der Waals surface area contributed by atoms with Crippen LogP contribution in [0.1, 0.15) is 11.4 Å². The standard InChI is InChI=1S/C18H13F4N7/c1-9-24-13-8-11(19)4-7-14(13)29(9)17-27-15(23)26-16(28-17)25-12-5-2-10(3-6-12)18(20,21)22/h2-8H,1H3,(H3,23,25,26,27,28). The minimum atomic E-state index is -4.43. The summed E-state index contributed by atoms with van der Waals surface area (Å²) in [7, 11) is 0. The number of nitrogens with one attached hydrogen (secondary N) is 1. The van der Waals surface area contributed by atoms with E-state index in [-0.39, 0.29) is 17.8 Å².